The third kappa shape index (κ3) is 4.20. The van der Waals surface area contributed by atoms with Gasteiger partial charge in [-0.3, -0.25) is 0 Å². The largest absolute Gasteiger partial charge is 0.415 e. The van der Waals surface area contributed by atoms with Crippen LogP contribution in [0.3, 0.4) is 0 Å². The Morgan fingerprint density at radius 3 is 2.82 bits per heavy atom. The Bertz CT molecular complexity index is 1470. The molecule has 3 aromatic heterocycles. The lowest BCUT2D eigenvalue weighted by Gasteiger charge is -2.05. The van der Waals surface area contributed by atoms with Crippen molar-refractivity contribution in [3.05, 3.63) is 89.8 Å². The number of hydrogen-bond acceptors (Lipinski definition) is 7. The predicted octanol–water partition coefficient (Wildman–Crippen LogP) is 5.65. The van der Waals surface area contributed by atoms with E-state index in [9.17, 15) is 8.78 Å². The van der Waals surface area contributed by atoms with Crippen molar-refractivity contribution in [2.45, 2.75) is 13.0 Å². The predicted molar refractivity (Wildman–Crippen MR) is 122 cm³/mol. The van der Waals surface area contributed by atoms with Gasteiger partial charge < -0.3 is 4.42 Å². The van der Waals surface area contributed by atoms with Crippen molar-refractivity contribution < 1.29 is 13.2 Å². The van der Waals surface area contributed by atoms with E-state index in [1.54, 1.807) is 40.3 Å². The second kappa shape index (κ2) is 8.47. The lowest BCUT2D eigenvalue weighted by Crippen LogP contribution is -2.02. The molecule has 0 aliphatic heterocycles. The van der Waals surface area contributed by atoms with Gasteiger partial charge in [-0.15, -0.1) is 26.6 Å². The Kier molecular flexibility index (Phi) is 5.35. The van der Waals surface area contributed by atoms with Crippen LogP contribution in [0, 0.1) is 0 Å². The van der Waals surface area contributed by atoms with E-state index in [-0.39, 0.29) is 5.89 Å². The van der Waals surface area contributed by atoms with E-state index in [2.05, 4.69) is 38.7 Å². The number of nitrogens with zero attached hydrogens (tertiary/aromatic N) is 6. The van der Waals surface area contributed by atoms with Gasteiger partial charge in [0.2, 0.25) is 5.89 Å². The van der Waals surface area contributed by atoms with Crippen molar-refractivity contribution in [2.24, 2.45) is 0 Å². The number of hydrogen-bond donors (Lipinski definition) is 0. The van der Waals surface area contributed by atoms with Crippen LogP contribution in [0.15, 0.2) is 77.4 Å². The van der Waals surface area contributed by atoms with Crippen molar-refractivity contribution in [1.29, 1.82) is 0 Å². The summed E-state index contributed by atoms with van der Waals surface area (Å²) in [5.41, 5.74) is 4.66. The van der Waals surface area contributed by atoms with Gasteiger partial charge in [-0.05, 0) is 41.5 Å². The maximum absolute atomic E-state index is 12.7. The highest BCUT2D eigenvalue weighted by Crippen LogP contribution is 2.28. The van der Waals surface area contributed by atoms with E-state index in [0.29, 0.717) is 12.1 Å². The molecule has 4 aromatic rings. The normalized spacial score (nSPS) is 14.0. The second-order valence-electron chi connectivity index (χ2n) is 7.16. The first-order valence-corrected chi connectivity index (χ1v) is 10.7. The van der Waals surface area contributed by atoms with Crippen LogP contribution in [0.4, 0.5) is 8.78 Å². The van der Waals surface area contributed by atoms with E-state index < -0.39 is 12.3 Å². The molecule has 33 heavy (non-hydrogen) atoms. The first-order chi connectivity index (χ1) is 16.0. The minimum absolute atomic E-state index is 0.0203. The minimum Gasteiger partial charge on any atom is -0.415 e. The molecule has 1 aliphatic carbocycles. The zero-order valence-corrected chi connectivity index (χ0v) is 18.0. The molecule has 7 nitrogen and oxygen atoms in total. The Hall–Kier alpha value is -4.05. The summed E-state index contributed by atoms with van der Waals surface area (Å²) in [6.07, 6.45) is 7.77. The minimum atomic E-state index is -2.82. The number of benzene rings is 1. The molecule has 10 heteroatoms. The van der Waals surface area contributed by atoms with Crippen LogP contribution in [0.2, 0.25) is 0 Å². The molecule has 0 unspecified atom stereocenters. The first kappa shape index (κ1) is 20.8. The molecular weight excluding hydrogens is 446 g/mol. The highest BCUT2D eigenvalue weighted by atomic mass is 32.1. The van der Waals surface area contributed by atoms with Gasteiger partial charge in [0.25, 0.3) is 5.89 Å². The summed E-state index contributed by atoms with van der Waals surface area (Å²) in [6.45, 7) is 8.26. The summed E-state index contributed by atoms with van der Waals surface area (Å²) in [5, 5.41) is 16.5. The molecule has 0 fully saturated rings. The molecule has 0 amide bonds. The van der Waals surface area contributed by atoms with Gasteiger partial charge >= 0.3 is 6.43 Å². The molecule has 0 atom stereocenters. The molecule has 3 heterocycles. The molecule has 1 aliphatic rings. The van der Waals surface area contributed by atoms with Gasteiger partial charge in [0.05, 0.1) is 23.0 Å². The zero-order valence-electron chi connectivity index (χ0n) is 17.2. The Morgan fingerprint density at radius 2 is 2.03 bits per heavy atom. The number of rotatable bonds is 6. The summed E-state index contributed by atoms with van der Waals surface area (Å²) in [4.78, 5) is 4.53. The molecular formula is C23H16F2N6OS. The summed E-state index contributed by atoms with van der Waals surface area (Å²) < 4.78 is 33.3. The van der Waals surface area contributed by atoms with Gasteiger partial charge in [-0.1, -0.05) is 36.6 Å². The number of allylic oxidation sites excluding steroid dienone is 7. The standard InChI is InChI=1S/C23H16F2N6OS/c1-3-20-26-17-10-15(8-9-19(17)33-20)18-12-31(30-27-18)11-16-7-6-14(5-4-13(16)2)22-28-29-23(32-22)21(24)25/h3-10,12,21H,1-2,11H2. The molecule has 164 valence electrons. The Morgan fingerprint density at radius 1 is 1.15 bits per heavy atom. The van der Waals surface area contributed by atoms with Gasteiger partial charge in [0.15, 0.2) is 0 Å². The molecule has 0 spiro atoms. The van der Waals surface area contributed by atoms with Gasteiger partial charge in [0.1, 0.15) is 10.7 Å². The van der Waals surface area contributed by atoms with Crippen LogP contribution < -0.4 is 0 Å². The molecule has 0 radical (unpaired) electrons. The fourth-order valence-electron chi connectivity index (χ4n) is 3.26. The summed E-state index contributed by atoms with van der Waals surface area (Å²) in [7, 11) is 0. The lowest BCUT2D eigenvalue weighted by molar-refractivity contribution is 0.114. The monoisotopic (exact) mass is 462 g/mol. The average Bonchev–Trinajstić information content (AvgIpc) is 3.54. The van der Waals surface area contributed by atoms with Crippen molar-refractivity contribution in [3.8, 4) is 11.3 Å². The van der Waals surface area contributed by atoms with Crippen LogP contribution in [0.25, 0.3) is 33.1 Å². The smallest absolute Gasteiger partial charge is 0.314 e. The molecule has 0 bridgehead atoms. The molecule has 1 aromatic carbocycles. The van der Waals surface area contributed by atoms with Crippen molar-refractivity contribution in [3.63, 3.8) is 0 Å². The van der Waals surface area contributed by atoms with E-state index in [0.717, 1.165) is 37.6 Å². The van der Waals surface area contributed by atoms with Gasteiger partial charge in [-0.2, -0.15) is 8.78 Å². The van der Waals surface area contributed by atoms with Crippen LogP contribution in [0.5, 0.6) is 0 Å². The lowest BCUT2D eigenvalue weighted by atomic mass is 10.1. The van der Waals surface area contributed by atoms with Crippen LogP contribution in [-0.4, -0.2) is 30.2 Å². The fourth-order valence-corrected chi connectivity index (χ4v) is 4.06. The van der Waals surface area contributed by atoms with E-state index >= 15 is 0 Å². The number of fused-ring (bicyclic) bond motifs is 1. The zero-order chi connectivity index (χ0) is 22.9. The number of thiazole rings is 1. The van der Waals surface area contributed by atoms with Crippen LogP contribution in [-0.2, 0) is 6.54 Å². The third-order valence-corrected chi connectivity index (χ3v) is 5.99. The molecule has 5 rings (SSSR count). The van der Waals surface area contributed by atoms with Crippen molar-refractivity contribution >= 4 is 33.2 Å². The van der Waals surface area contributed by atoms with Gasteiger partial charge in [-0.25, -0.2) is 9.67 Å². The highest BCUT2D eigenvalue weighted by molar-refractivity contribution is 7.19. The van der Waals surface area contributed by atoms with Crippen LogP contribution in [0.1, 0.15) is 23.2 Å². The third-order valence-electron chi connectivity index (χ3n) is 4.96. The SMILES string of the molecule is C=Cc1nc2cc(-c3cn(CC4=CC=C(c5nnc(C(F)F)o5)C=CC4=C)nn3)ccc2s1. The Labute approximate surface area is 190 Å². The quantitative estimate of drug-likeness (QED) is 0.368. The van der Waals surface area contributed by atoms with E-state index in [4.69, 9.17) is 4.42 Å². The molecule has 0 saturated heterocycles. The van der Waals surface area contributed by atoms with Crippen molar-refractivity contribution in [2.75, 3.05) is 0 Å². The topological polar surface area (TPSA) is 82.5 Å². The molecule has 0 N–H and O–H groups in total. The highest BCUT2D eigenvalue weighted by Gasteiger charge is 2.18. The first-order valence-electron chi connectivity index (χ1n) is 9.84. The van der Waals surface area contributed by atoms with Gasteiger partial charge in [0, 0.05) is 11.1 Å². The number of halogens is 2. The van der Waals surface area contributed by atoms with E-state index in [1.165, 1.54) is 0 Å². The summed E-state index contributed by atoms with van der Waals surface area (Å²) in [6, 6.07) is 5.98. The maximum Gasteiger partial charge on any atom is 0.314 e. The second-order valence-corrected chi connectivity index (χ2v) is 8.22. The summed E-state index contributed by atoms with van der Waals surface area (Å²) >= 11 is 1.58. The summed E-state index contributed by atoms with van der Waals surface area (Å²) in [5.74, 6) is -0.690. The Balaban J connectivity index is 1.37. The number of alkyl halides is 2. The van der Waals surface area contributed by atoms with Crippen LogP contribution >= 0.6 is 11.3 Å². The van der Waals surface area contributed by atoms with E-state index in [1.807, 2.05) is 30.5 Å². The average molecular weight is 462 g/mol. The molecule has 0 saturated carbocycles. The maximum atomic E-state index is 12.7. The fraction of sp³-hybridized carbons (Fsp3) is 0.0870. The van der Waals surface area contributed by atoms with Crippen molar-refractivity contribution in [1.82, 2.24) is 30.2 Å². The number of aromatic nitrogens is 6.